The molecule has 0 unspecified atom stereocenters. The molecule has 0 aliphatic carbocycles. The van der Waals surface area contributed by atoms with Crippen LogP contribution in [0.5, 0.6) is 0 Å². The van der Waals surface area contributed by atoms with Crippen molar-refractivity contribution in [3.05, 3.63) is 28.0 Å². The molecule has 3 heteroatoms. The van der Waals surface area contributed by atoms with E-state index in [9.17, 15) is 0 Å². The minimum atomic E-state index is 0.0415. The normalized spacial score (nSPS) is 10.2. The third-order valence-corrected chi connectivity index (χ3v) is 2.03. The van der Waals surface area contributed by atoms with E-state index in [2.05, 4.69) is 0 Å². The first-order chi connectivity index (χ1) is 5.36. The van der Waals surface area contributed by atoms with Gasteiger partial charge in [0.2, 0.25) is 0 Å². The summed E-state index contributed by atoms with van der Waals surface area (Å²) in [6, 6.07) is 3.83. The molecule has 0 amide bonds. The number of rotatable bonds is 2. The number of hydrogen-bond donors (Lipinski definition) is 1. The van der Waals surface area contributed by atoms with Crippen molar-refractivity contribution in [3.63, 3.8) is 0 Å². The highest BCUT2D eigenvalue weighted by molar-refractivity contribution is 7.11. The number of aliphatic hydroxyl groups is 1. The van der Waals surface area contributed by atoms with Crippen LogP contribution in [0.2, 0.25) is 0 Å². The van der Waals surface area contributed by atoms with Crippen LogP contribution in [0.4, 0.5) is 0 Å². The molecule has 0 bridgehead atoms. The topological polar surface area (TPSA) is 44.0 Å². The molecule has 1 heterocycles. The fourth-order valence-corrected chi connectivity index (χ4v) is 1.42. The highest BCUT2D eigenvalue weighted by Gasteiger charge is 1.93. The van der Waals surface area contributed by atoms with Crippen molar-refractivity contribution in [2.75, 3.05) is 6.61 Å². The lowest BCUT2D eigenvalue weighted by Gasteiger charge is -1.79. The molecule has 56 valence electrons. The average molecular weight is 165 g/mol. The van der Waals surface area contributed by atoms with Gasteiger partial charge in [0.25, 0.3) is 0 Å². The van der Waals surface area contributed by atoms with E-state index in [4.69, 9.17) is 10.4 Å². The van der Waals surface area contributed by atoms with Crippen molar-refractivity contribution in [3.8, 4) is 6.07 Å². The van der Waals surface area contributed by atoms with E-state index in [-0.39, 0.29) is 6.61 Å². The highest BCUT2D eigenvalue weighted by Crippen LogP contribution is 2.14. The lowest BCUT2D eigenvalue weighted by molar-refractivity contribution is 0.343. The number of aliphatic hydroxyl groups excluding tert-OH is 1. The van der Waals surface area contributed by atoms with Gasteiger partial charge in [0.15, 0.2) is 0 Å². The molecule has 0 saturated heterocycles. The predicted octanol–water partition coefficient (Wildman–Crippen LogP) is 1.63. The van der Waals surface area contributed by atoms with Crippen LogP contribution in [0.15, 0.2) is 17.5 Å². The number of hydrogen-bond acceptors (Lipinski definition) is 3. The van der Waals surface area contributed by atoms with Crippen LogP contribution in [0.1, 0.15) is 10.4 Å². The molecule has 0 fully saturated rings. The number of thiophene rings is 1. The molecule has 2 nitrogen and oxygen atoms in total. The second-order valence-electron chi connectivity index (χ2n) is 1.93. The van der Waals surface area contributed by atoms with E-state index in [1.165, 1.54) is 11.3 Å². The van der Waals surface area contributed by atoms with Crippen molar-refractivity contribution in [2.45, 2.75) is 0 Å². The summed E-state index contributed by atoms with van der Waals surface area (Å²) in [4.78, 5) is 0.996. The van der Waals surface area contributed by atoms with Gasteiger partial charge >= 0.3 is 0 Å². The first-order valence-corrected chi connectivity index (χ1v) is 4.01. The molecule has 0 saturated carbocycles. The van der Waals surface area contributed by atoms with Crippen molar-refractivity contribution in [1.82, 2.24) is 0 Å². The average Bonchev–Trinajstić information content (AvgIpc) is 2.48. The van der Waals surface area contributed by atoms with Gasteiger partial charge in [-0.25, -0.2) is 0 Å². The van der Waals surface area contributed by atoms with Gasteiger partial charge in [0.1, 0.15) is 6.07 Å². The van der Waals surface area contributed by atoms with Crippen LogP contribution >= 0.6 is 11.3 Å². The second kappa shape index (κ2) is 3.91. The Bertz CT molecular complexity index is 295. The molecule has 0 radical (unpaired) electrons. The van der Waals surface area contributed by atoms with Gasteiger partial charge in [-0.2, -0.15) is 5.26 Å². The Balaban J connectivity index is 2.75. The monoisotopic (exact) mass is 165 g/mol. The SMILES string of the molecule is N#Cc1csc(C=CCO)c1. The van der Waals surface area contributed by atoms with Crippen LogP contribution < -0.4 is 0 Å². The van der Waals surface area contributed by atoms with Crippen molar-refractivity contribution >= 4 is 17.4 Å². The zero-order valence-corrected chi connectivity index (χ0v) is 6.64. The molecule has 1 N–H and O–H groups in total. The fraction of sp³-hybridized carbons (Fsp3) is 0.125. The smallest absolute Gasteiger partial charge is 0.100 e. The zero-order valence-electron chi connectivity index (χ0n) is 5.82. The van der Waals surface area contributed by atoms with E-state index < -0.39 is 0 Å². The minimum Gasteiger partial charge on any atom is -0.392 e. The molecule has 0 aliphatic rings. The molecule has 1 rings (SSSR count). The van der Waals surface area contributed by atoms with Gasteiger partial charge in [-0.1, -0.05) is 6.08 Å². The van der Waals surface area contributed by atoms with E-state index in [0.29, 0.717) is 5.56 Å². The molecule has 0 aliphatic heterocycles. The van der Waals surface area contributed by atoms with Crippen LogP contribution in [-0.4, -0.2) is 11.7 Å². The summed E-state index contributed by atoms with van der Waals surface area (Å²) in [5.74, 6) is 0. The summed E-state index contributed by atoms with van der Waals surface area (Å²) >= 11 is 1.49. The van der Waals surface area contributed by atoms with Gasteiger partial charge in [0.05, 0.1) is 12.2 Å². The highest BCUT2D eigenvalue weighted by atomic mass is 32.1. The van der Waals surface area contributed by atoms with Crippen molar-refractivity contribution in [1.29, 1.82) is 5.26 Å². The zero-order chi connectivity index (χ0) is 8.10. The molecular formula is C8H7NOS. The predicted molar refractivity (Wildman–Crippen MR) is 45.2 cm³/mol. The van der Waals surface area contributed by atoms with Gasteiger partial charge in [-0.05, 0) is 12.1 Å². The first kappa shape index (κ1) is 7.99. The summed E-state index contributed by atoms with van der Waals surface area (Å²) in [7, 11) is 0. The van der Waals surface area contributed by atoms with Crippen LogP contribution in [-0.2, 0) is 0 Å². The third-order valence-electron chi connectivity index (χ3n) is 1.14. The van der Waals surface area contributed by atoms with Crippen molar-refractivity contribution in [2.24, 2.45) is 0 Å². The molecule has 0 spiro atoms. The summed E-state index contributed by atoms with van der Waals surface area (Å²) in [6.07, 6.45) is 3.44. The minimum absolute atomic E-state index is 0.0415. The Morgan fingerprint density at radius 2 is 2.55 bits per heavy atom. The third kappa shape index (κ3) is 2.19. The Kier molecular flexibility index (Phi) is 2.84. The Labute approximate surface area is 69.0 Å². The lowest BCUT2D eigenvalue weighted by atomic mass is 10.3. The van der Waals surface area contributed by atoms with Gasteiger partial charge < -0.3 is 5.11 Å². The van der Waals surface area contributed by atoms with Gasteiger partial charge in [-0.15, -0.1) is 11.3 Å². The Morgan fingerprint density at radius 3 is 3.09 bits per heavy atom. The van der Waals surface area contributed by atoms with Gasteiger partial charge in [0, 0.05) is 10.3 Å². The number of nitriles is 1. The van der Waals surface area contributed by atoms with Crippen LogP contribution in [0, 0.1) is 11.3 Å². The molecular weight excluding hydrogens is 158 g/mol. The maximum Gasteiger partial charge on any atom is 0.100 e. The maximum absolute atomic E-state index is 8.46. The molecule has 0 atom stereocenters. The summed E-state index contributed by atoms with van der Waals surface area (Å²) < 4.78 is 0. The largest absolute Gasteiger partial charge is 0.392 e. The first-order valence-electron chi connectivity index (χ1n) is 3.13. The second-order valence-corrected chi connectivity index (χ2v) is 2.88. The molecule has 11 heavy (non-hydrogen) atoms. The Morgan fingerprint density at radius 1 is 1.73 bits per heavy atom. The summed E-state index contributed by atoms with van der Waals surface area (Å²) in [6.45, 7) is 0.0415. The summed E-state index contributed by atoms with van der Waals surface area (Å²) in [5.41, 5.74) is 0.674. The van der Waals surface area contributed by atoms with E-state index in [1.807, 2.05) is 6.07 Å². The van der Waals surface area contributed by atoms with Crippen LogP contribution in [0.3, 0.4) is 0 Å². The van der Waals surface area contributed by atoms with Crippen molar-refractivity contribution < 1.29 is 5.11 Å². The number of nitrogens with zero attached hydrogens (tertiary/aromatic N) is 1. The maximum atomic E-state index is 8.46. The van der Waals surface area contributed by atoms with E-state index >= 15 is 0 Å². The summed E-state index contributed by atoms with van der Waals surface area (Å²) in [5, 5.41) is 18.7. The fourth-order valence-electron chi connectivity index (χ4n) is 0.668. The Hall–Kier alpha value is -1.11. The standard InChI is InChI=1S/C8H7NOS/c9-5-7-4-8(11-6-7)2-1-3-10/h1-2,4,6,10H,3H2. The quantitative estimate of drug-likeness (QED) is 0.723. The molecule has 1 aromatic heterocycles. The molecule has 0 aromatic carbocycles. The lowest BCUT2D eigenvalue weighted by Crippen LogP contribution is -1.68. The molecule has 1 aromatic rings. The van der Waals surface area contributed by atoms with Crippen LogP contribution in [0.25, 0.3) is 6.08 Å². The van der Waals surface area contributed by atoms with Gasteiger partial charge in [-0.3, -0.25) is 0 Å². The van der Waals surface area contributed by atoms with E-state index in [1.54, 1.807) is 23.6 Å². The van der Waals surface area contributed by atoms with E-state index in [0.717, 1.165) is 4.88 Å².